The zero-order chi connectivity index (χ0) is 14.4. The van der Waals surface area contributed by atoms with Crippen LogP contribution in [0.1, 0.15) is 5.56 Å². The number of anilines is 2. The second-order valence-electron chi connectivity index (χ2n) is 4.57. The molecule has 0 fully saturated rings. The summed E-state index contributed by atoms with van der Waals surface area (Å²) >= 11 is 6.07. The quantitative estimate of drug-likeness (QED) is 0.783. The molecule has 0 bridgehead atoms. The summed E-state index contributed by atoms with van der Waals surface area (Å²) in [6, 6.07) is 14.0. The molecule has 0 aliphatic carbocycles. The van der Waals surface area contributed by atoms with Crippen molar-refractivity contribution in [2.75, 3.05) is 30.8 Å². The summed E-state index contributed by atoms with van der Waals surface area (Å²) in [5.41, 5.74) is 3.38. The first-order valence-corrected chi connectivity index (χ1v) is 6.95. The van der Waals surface area contributed by atoms with Crippen LogP contribution in [-0.4, -0.2) is 20.2 Å². The van der Waals surface area contributed by atoms with Gasteiger partial charge in [0.25, 0.3) is 0 Å². The fourth-order valence-corrected chi connectivity index (χ4v) is 2.12. The minimum Gasteiger partial charge on any atom is -0.495 e. The Hall–Kier alpha value is -1.87. The van der Waals surface area contributed by atoms with Gasteiger partial charge in [0.1, 0.15) is 5.75 Å². The maximum Gasteiger partial charge on any atom is 0.137 e. The first kappa shape index (κ1) is 14.5. The zero-order valence-electron chi connectivity index (χ0n) is 11.7. The second kappa shape index (κ2) is 7.06. The van der Waals surface area contributed by atoms with Crippen LogP contribution < -0.4 is 15.4 Å². The predicted octanol–water partition coefficient (Wildman–Crippen LogP) is 4.18. The molecular weight excluding hydrogens is 272 g/mol. The van der Waals surface area contributed by atoms with Crippen molar-refractivity contribution in [1.29, 1.82) is 0 Å². The molecule has 0 aromatic heterocycles. The molecule has 2 aromatic carbocycles. The Kier molecular flexibility index (Phi) is 5.13. The van der Waals surface area contributed by atoms with Crippen LogP contribution in [0, 0.1) is 6.92 Å². The van der Waals surface area contributed by atoms with E-state index in [2.05, 4.69) is 41.8 Å². The minimum atomic E-state index is 0.615. The number of ether oxygens (including phenoxy) is 1. The molecule has 0 amide bonds. The standard InChI is InChI=1S/C16H19ClN2O/c1-12-3-5-13(6-4-12)18-9-10-19-14-7-8-16(20-2)15(17)11-14/h3-8,11,18-19H,9-10H2,1-2H3. The van der Waals surface area contributed by atoms with Gasteiger partial charge in [0.15, 0.2) is 0 Å². The van der Waals surface area contributed by atoms with Gasteiger partial charge in [-0.1, -0.05) is 29.3 Å². The number of nitrogens with one attached hydrogen (secondary N) is 2. The third kappa shape index (κ3) is 4.07. The van der Waals surface area contributed by atoms with Crippen LogP contribution >= 0.6 is 11.6 Å². The smallest absolute Gasteiger partial charge is 0.137 e. The summed E-state index contributed by atoms with van der Waals surface area (Å²) in [5.74, 6) is 0.690. The molecular formula is C16H19ClN2O. The van der Waals surface area contributed by atoms with E-state index in [1.165, 1.54) is 5.56 Å². The molecule has 0 saturated carbocycles. The maximum absolute atomic E-state index is 6.07. The lowest BCUT2D eigenvalue weighted by atomic mass is 10.2. The summed E-state index contributed by atoms with van der Waals surface area (Å²) in [6.45, 7) is 3.74. The van der Waals surface area contributed by atoms with E-state index in [0.29, 0.717) is 10.8 Å². The molecule has 2 N–H and O–H groups in total. The Morgan fingerprint density at radius 2 is 1.55 bits per heavy atom. The van der Waals surface area contributed by atoms with E-state index in [1.807, 2.05) is 18.2 Å². The van der Waals surface area contributed by atoms with Gasteiger partial charge in [0.2, 0.25) is 0 Å². The molecule has 0 spiro atoms. The Morgan fingerprint density at radius 3 is 2.15 bits per heavy atom. The lowest BCUT2D eigenvalue weighted by Crippen LogP contribution is -2.13. The molecule has 0 atom stereocenters. The highest BCUT2D eigenvalue weighted by molar-refractivity contribution is 6.32. The van der Waals surface area contributed by atoms with Crippen molar-refractivity contribution in [1.82, 2.24) is 0 Å². The normalized spacial score (nSPS) is 10.2. The number of hydrogen-bond donors (Lipinski definition) is 2. The van der Waals surface area contributed by atoms with Gasteiger partial charge in [0, 0.05) is 24.5 Å². The van der Waals surface area contributed by atoms with Gasteiger partial charge in [-0.3, -0.25) is 0 Å². The van der Waals surface area contributed by atoms with E-state index in [1.54, 1.807) is 7.11 Å². The number of halogens is 1. The van der Waals surface area contributed by atoms with Crippen LogP contribution in [0.2, 0.25) is 5.02 Å². The lowest BCUT2D eigenvalue weighted by Gasteiger charge is -2.10. The van der Waals surface area contributed by atoms with E-state index in [0.717, 1.165) is 24.5 Å². The molecule has 0 saturated heterocycles. The van der Waals surface area contributed by atoms with Crippen LogP contribution in [-0.2, 0) is 0 Å². The number of aryl methyl sites for hydroxylation is 1. The van der Waals surface area contributed by atoms with Gasteiger partial charge in [-0.15, -0.1) is 0 Å². The summed E-state index contributed by atoms with van der Waals surface area (Å²) in [4.78, 5) is 0. The molecule has 3 nitrogen and oxygen atoms in total. The van der Waals surface area contributed by atoms with Crippen molar-refractivity contribution in [3.05, 3.63) is 53.1 Å². The van der Waals surface area contributed by atoms with Gasteiger partial charge in [-0.05, 0) is 37.3 Å². The Balaban J connectivity index is 1.78. The van der Waals surface area contributed by atoms with Crippen molar-refractivity contribution in [2.45, 2.75) is 6.92 Å². The van der Waals surface area contributed by atoms with Gasteiger partial charge < -0.3 is 15.4 Å². The molecule has 0 radical (unpaired) electrons. The summed E-state index contributed by atoms with van der Waals surface area (Å²) in [5, 5.41) is 7.29. The third-order valence-corrected chi connectivity index (χ3v) is 3.28. The average molecular weight is 291 g/mol. The van der Waals surface area contributed by atoms with Crippen LogP contribution in [0.5, 0.6) is 5.75 Å². The van der Waals surface area contributed by atoms with Crippen molar-refractivity contribution >= 4 is 23.0 Å². The van der Waals surface area contributed by atoms with E-state index in [-0.39, 0.29) is 0 Å². The van der Waals surface area contributed by atoms with Crippen molar-refractivity contribution in [3.63, 3.8) is 0 Å². The highest BCUT2D eigenvalue weighted by Gasteiger charge is 2.01. The molecule has 2 rings (SSSR count). The monoisotopic (exact) mass is 290 g/mol. The largest absolute Gasteiger partial charge is 0.495 e. The van der Waals surface area contributed by atoms with Crippen molar-refractivity contribution < 1.29 is 4.74 Å². The van der Waals surface area contributed by atoms with Crippen LogP contribution in [0.3, 0.4) is 0 Å². The fourth-order valence-electron chi connectivity index (χ4n) is 1.86. The Labute approximate surface area is 124 Å². The lowest BCUT2D eigenvalue weighted by molar-refractivity contribution is 0.415. The number of hydrogen-bond acceptors (Lipinski definition) is 3. The molecule has 4 heteroatoms. The minimum absolute atomic E-state index is 0.615. The van der Waals surface area contributed by atoms with Crippen LogP contribution in [0.15, 0.2) is 42.5 Å². The maximum atomic E-state index is 6.07. The van der Waals surface area contributed by atoms with Crippen molar-refractivity contribution in [3.8, 4) is 5.75 Å². The van der Waals surface area contributed by atoms with Gasteiger partial charge in [-0.2, -0.15) is 0 Å². The molecule has 0 unspecified atom stereocenters. The topological polar surface area (TPSA) is 33.3 Å². The number of methoxy groups -OCH3 is 1. The first-order valence-electron chi connectivity index (χ1n) is 6.57. The number of benzene rings is 2. The van der Waals surface area contributed by atoms with Crippen molar-refractivity contribution in [2.24, 2.45) is 0 Å². The predicted molar refractivity (Wildman–Crippen MR) is 86.2 cm³/mol. The second-order valence-corrected chi connectivity index (χ2v) is 4.98. The highest BCUT2D eigenvalue weighted by atomic mass is 35.5. The average Bonchev–Trinajstić information content (AvgIpc) is 2.46. The molecule has 2 aromatic rings. The van der Waals surface area contributed by atoms with E-state index < -0.39 is 0 Å². The van der Waals surface area contributed by atoms with Crippen LogP contribution in [0.4, 0.5) is 11.4 Å². The summed E-state index contributed by atoms with van der Waals surface area (Å²) < 4.78 is 5.12. The molecule has 20 heavy (non-hydrogen) atoms. The SMILES string of the molecule is COc1ccc(NCCNc2ccc(C)cc2)cc1Cl. The van der Waals surface area contributed by atoms with E-state index in [4.69, 9.17) is 16.3 Å². The Morgan fingerprint density at radius 1 is 0.950 bits per heavy atom. The number of rotatable bonds is 6. The molecule has 106 valence electrons. The van der Waals surface area contributed by atoms with Crippen LogP contribution in [0.25, 0.3) is 0 Å². The van der Waals surface area contributed by atoms with Gasteiger partial charge >= 0.3 is 0 Å². The molecule has 0 heterocycles. The zero-order valence-corrected chi connectivity index (χ0v) is 12.5. The van der Waals surface area contributed by atoms with E-state index in [9.17, 15) is 0 Å². The first-order chi connectivity index (χ1) is 9.69. The summed E-state index contributed by atoms with van der Waals surface area (Å²) in [6.07, 6.45) is 0. The Bertz CT molecular complexity index is 555. The highest BCUT2D eigenvalue weighted by Crippen LogP contribution is 2.26. The summed E-state index contributed by atoms with van der Waals surface area (Å²) in [7, 11) is 1.61. The van der Waals surface area contributed by atoms with Gasteiger partial charge in [0.05, 0.1) is 12.1 Å². The fraction of sp³-hybridized carbons (Fsp3) is 0.250. The third-order valence-electron chi connectivity index (χ3n) is 2.99. The molecule has 0 aliphatic heterocycles. The van der Waals surface area contributed by atoms with Gasteiger partial charge in [-0.25, -0.2) is 0 Å². The molecule has 0 aliphatic rings. The van der Waals surface area contributed by atoms with E-state index >= 15 is 0 Å².